The highest BCUT2D eigenvalue weighted by Gasteiger charge is 2.20. The third-order valence-electron chi connectivity index (χ3n) is 2.91. The molecule has 1 aliphatic carbocycles. The Hall–Kier alpha value is -0.910. The fraction of sp³-hybridized carbons (Fsp3) is 0.286. The van der Waals surface area contributed by atoms with Gasteiger partial charge >= 0.3 is 0 Å². The van der Waals surface area contributed by atoms with Crippen LogP contribution in [0.2, 0.25) is 0 Å². The molecule has 0 atom stereocenters. The molecule has 3 rings (SSSR count). The van der Waals surface area contributed by atoms with Crippen LogP contribution in [0.1, 0.15) is 18.4 Å². The molecule has 0 amide bonds. The molecule has 98 valence electrons. The minimum Gasteiger partial charge on any atom is -0.310 e. The van der Waals surface area contributed by atoms with Gasteiger partial charge in [0.05, 0.1) is 0 Å². The van der Waals surface area contributed by atoms with Crippen molar-refractivity contribution in [1.29, 1.82) is 0 Å². The second-order valence-electron chi connectivity index (χ2n) is 4.55. The van der Waals surface area contributed by atoms with Gasteiger partial charge < -0.3 is 5.32 Å². The molecular formula is C14H14BrN3S. The van der Waals surface area contributed by atoms with Gasteiger partial charge in [0.15, 0.2) is 5.16 Å². The molecule has 1 aliphatic rings. The van der Waals surface area contributed by atoms with Crippen molar-refractivity contribution in [1.82, 2.24) is 15.3 Å². The minimum atomic E-state index is 0.741. The Bertz CT molecular complexity index is 558. The fourth-order valence-electron chi connectivity index (χ4n) is 1.72. The molecule has 1 aromatic heterocycles. The predicted molar refractivity (Wildman–Crippen MR) is 80.2 cm³/mol. The first-order valence-corrected chi connectivity index (χ1v) is 7.89. The van der Waals surface area contributed by atoms with E-state index in [4.69, 9.17) is 0 Å². The molecule has 0 unspecified atom stereocenters. The highest BCUT2D eigenvalue weighted by molar-refractivity contribution is 9.10. The van der Waals surface area contributed by atoms with E-state index in [-0.39, 0.29) is 0 Å². The summed E-state index contributed by atoms with van der Waals surface area (Å²) < 4.78 is 1.10. The number of nitrogens with one attached hydrogen (secondary N) is 1. The van der Waals surface area contributed by atoms with E-state index >= 15 is 0 Å². The number of benzene rings is 1. The lowest BCUT2D eigenvalue weighted by molar-refractivity contribution is 0.687. The molecular weight excluding hydrogens is 322 g/mol. The molecule has 2 aromatic rings. The summed E-state index contributed by atoms with van der Waals surface area (Å²) in [6, 6.07) is 9.01. The monoisotopic (exact) mass is 335 g/mol. The van der Waals surface area contributed by atoms with Crippen molar-refractivity contribution in [2.45, 2.75) is 35.5 Å². The van der Waals surface area contributed by atoms with Crippen molar-refractivity contribution < 1.29 is 0 Å². The first-order valence-electron chi connectivity index (χ1n) is 6.28. The highest BCUT2D eigenvalue weighted by atomic mass is 79.9. The molecule has 1 aromatic carbocycles. The van der Waals surface area contributed by atoms with Gasteiger partial charge in [0, 0.05) is 34.3 Å². The molecule has 0 bridgehead atoms. The van der Waals surface area contributed by atoms with Crippen LogP contribution in [0.25, 0.3) is 0 Å². The molecule has 0 saturated heterocycles. The van der Waals surface area contributed by atoms with Crippen LogP contribution in [0, 0.1) is 0 Å². The van der Waals surface area contributed by atoms with Gasteiger partial charge in [0.25, 0.3) is 0 Å². The van der Waals surface area contributed by atoms with Crippen molar-refractivity contribution in [3.63, 3.8) is 0 Å². The quantitative estimate of drug-likeness (QED) is 0.846. The number of halogens is 1. The van der Waals surface area contributed by atoms with Crippen molar-refractivity contribution in [2.24, 2.45) is 0 Å². The van der Waals surface area contributed by atoms with Gasteiger partial charge in [-0.3, -0.25) is 0 Å². The third kappa shape index (κ3) is 3.78. The topological polar surface area (TPSA) is 37.8 Å². The van der Waals surface area contributed by atoms with E-state index in [0.29, 0.717) is 0 Å². The maximum absolute atomic E-state index is 4.22. The van der Waals surface area contributed by atoms with E-state index in [1.807, 2.05) is 6.07 Å². The van der Waals surface area contributed by atoms with Crippen LogP contribution < -0.4 is 5.32 Å². The van der Waals surface area contributed by atoms with Gasteiger partial charge in [-0.15, -0.1) is 0 Å². The lowest BCUT2D eigenvalue weighted by Crippen LogP contribution is -2.15. The Morgan fingerprint density at radius 3 is 2.74 bits per heavy atom. The zero-order valence-corrected chi connectivity index (χ0v) is 12.7. The van der Waals surface area contributed by atoms with Gasteiger partial charge in [-0.25, -0.2) is 9.97 Å². The van der Waals surface area contributed by atoms with Crippen molar-refractivity contribution in [3.8, 4) is 0 Å². The molecule has 1 heterocycles. The summed E-state index contributed by atoms with van der Waals surface area (Å²) in [6.45, 7) is 0.941. The Kier molecular flexibility index (Phi) is 4.15. The standard InChI is InChI=1S/C14H14BrN3S/c15-12-8-10(9-18-11-3-4-11)2-5-13(12)19-14-16-6-1-7-17-14/h1-2,5-8,11,18H,3-4,9H2. The number of rotatable bonds is 5. The Morgan fingerprint density at radius 1 is 1.26 bits per heavy atom. The fourth-order valence-corrected chi connectivity index (χ4v) is 3.11. The van der Waals surface area contributed by atoms with Crippen LogP contribution in [-0.2, 0) is 6.54 Å². The largest absolute Gasteiger partial charge is 0.310 e. The van der Waals surface area contributed by atoms with Crippen molar-refractivity contribution in [2.75, 3.05) is 0 Å². The van der Waals surface area contributed by atoms with Crippen LogP contribution in [-0.4, -0.2) is 16.0 Å². The molecule has 5 heteroatoms. The van der Waals surface area contributed by atoms with Gasteiger partial charge in [-0.2, -0.15) is 0 Å². The summed E-state index contributed by atoms with van der Waals surface area (Å²) in [5.74, 6) is 0. The average Bonchev–Trinajstić information content (AvgIpc) is 3.25. The van der Waals surface area contributed by atoms with Crippen LogP contribution in [0.5, 0.6) is 0 Å². The average molecular weight is 336 g/mol. The van der Waals surface area contributed by atoms with E-state index in [9.17, 15) is 0 Å². The van der Waals surface area contributed by atoms with E-state index in [0.717, 1.165) is 27.1 Å². The maximum Gasteiger partial charge on any atom is 0.192 e. The molecule has 1 N–H and O–H groups in total. The zero-order valence-electron chi connectivity index (χ0n) is 10.3. The van der Waals surface area contributed by atoms with E-state index in [1.54, 1.807) is 24.2 Å². The Balaban J connectivity index is 1.68. The lowest BCUT2D eigenvalue weighted by atomic mass is 10.2. The zero-order chi connectivity index (χ0) is 13.1. The van der Waals surface area contributed by atoms with E-state index in [1.165, 1.54) is 18.4 Å². The van der Waals surface area contributed by atoms with Crippen LogP contribution in [0.3, 0.4) is 0 Å². The summed E-state index contributed by atoms with van der Waals surface area (Å²) in [5, 5.41) is 4.29. The highest BCUT2D eigenvalue weighted by Crippen LogP contribution is 2.32. The van der Waals surface area contributed by atoms with Crippen LogP contribution in [0.4, 0.5) is 0 Å². The SMILES string of the molecule is Brc1cc(CNC2CC2)ccc1Sc1ncccn1. The smallest absolute Gasteiger partial charge is 0.192 e. The second kappa shape index (κ2) is 6.03. The first kappa shape index (κ1) is 13.1. The van der Waals surface area contributed by atoms with Crippen molar-refractivity contribution in [3.05, 3.63) is 46.7 Å². The molecule has 0 radical (unpaired) electrons. The molecule has 0 aliphatic heterocycles. The third-order valence-corrected chi connectivity index (χ3v) is 4.80. The maximum atomic E-state index is 4.22. The molecule has 1 fully saturated rings. The van der Waals surface area contributed by atoms with E-state index in [2.05, 4.69) is 49.4 Å². The minimum absolute atomic E-state index is 0.741. The summed E-state index contributed by atoms with van der Waals surface area (Å²) in [4.78, 5) is 9.59. The van der Waals surface area contributed by atoms with Gasteiger partial charge in [-0.1, -0.05) is 6.07 Å². The van der Waals surface area contributed by atoms with Crippen LogP contribution in [0.15, 0.2) is 51.2 Å². The lowest BCUT2D eigenvalue weighted by Gasteiger charge is -2.07. The summed E-state index contributed by atoms with van der Waals surface area (Å²) in [5.41, 5.74) is 1.30. The molecule has 0 spiro atoms. The Morgan fingerprint density at radius 2 is 2.05 bits per heavy atom. The normalized spacial score (nSPS) is 14.6. The number of nitrogens with zero attached hydrogens (tertiary/aromatic N) is 2. The number of hydrogen-bond donors (Lipinski definition) is 1. The second-order valence-corrected chi connectivity index (χ2v) is 6.42. The van der Waals surface area contributed by atoms with Gasteiger partial charge in [0.1, 0.15) is 0 Å². The van der Waals surface area contributed by atoms with Crippen molar-refractivity contribution >= 4 is 27.7 Å². The molecule has 3 nitrogen and oxygen atoms in total. The molecule has 1 saturated carbocycles. The summed E-state index contributed by atoms with van der Waals surface area (Å²) >= 11 is 5.19. The Labute approximate surface area is 125 Å². The first-order chi connectivity index (χ1) is 9.31. The van der Waals surface area contributed by atoms with Gasteiger partial charge in [-0.05, 0) is 64.3 Å². The summed E-state index contributed by atoms with van der Waals surface area (Å²) in [7, 11) is 0. The summed E-state index contributed by atoms with van der Waals surface area (Å²) in [6.07, 6.45) is 6.16. The van der Waals surface area contributed by atoms with E-state index < -0.39 is 0 Å². The van der Waals surface area contributed by atoms with Crippen LogP contribution >= 0.6 is 27.7 Å². The number of hydrogen-bond acceptors (Lipinski definition) is 4. The van der Waals surface area contributed by atoms with Gasteiger partial charge in [0.2, 0.25) is 0 Å². The molecule has 19 heavy (non-hydrogen) atoms. The number of aromatic nitrogens is 2. The predicted octanol–water partition coefficient (Wildman–Crippen LogP) is 3.64.